The van der Waals surface area contributed by atoms with Crippen LogP contribution in [0.3, 0.4) is 0 Å². The third-order valence-electron chi connectivity index (χ3n) is 4.54. The molecule has 1 aliphatic rings. The summed E-state index contributed by atoms with van der Waals surface area (Å²) in [7, 11) is 1.74. The summed E-state index contributed by atoms with van der Waals surface area (Å²) >= 11 is 0. The van der Waals surface area contributed by atoms with E-state index < -0.39 is 5.60 Å². The van der Waals surface area contributed by atoms with Crippen molar-refractivity contribution in [3.63, 3.8) is 0 Å². The molecule has 1 aromatic carbocycles. The van der Waals surface area contributed by atoms with Crippen molar-refractivity contribution in [3.05, 3.63) is 29.3 Å². The normalized spacial score (nSPS) is 15.3. The maximum atomic E-state index is 12.1. The molecule has 6 heteroatoms. The van der Waals surface area contributed by atoms with Crippen molar-refractivity contribution >= 4 is 17.7 Å². The molecule has 0 heterocycles. The van der Waals surface area contributed by atoms with E-state index in [-0.39, 0.29) is 12.1 Å². The van der Waals surface area contributed by atoms with Crippen LogP contribution in [-0.4, -0.2) is 42.2 Å². The Balaban J connectivity index is 1.80. The number of hydrogen-bond donors (Lipinski definition) is 2. The first-order valence-corrected chi connectivity index (χ1v) is 9.30. The molecule has 0 fully saturated rings. The molecule has 0 bridgehead atoms. The highest BCUT2D eigenvalue weighted by atomic mass is 16.6. The highest BCUT2D eigenvalue weighted by Crippen LogP contribution is 2.24. The monoisotopic (exact) mass is 360 g/mol. The molecule has 0 spiro atoms. The van der Waals surface area contributed by atoms with Gasteiger partial charge in [0.1, 0.15) is 5.60 Å². The minimum absolute atomic E-state index is 0.0152. The molecular weight excluding hydrogens is 328 g/mol. The van der Waals surface area contributed by atoms with Gasteiger partial charge in [0.25, 0.3) is 0 Å². The minimum atomic E-state index is -0.493. The molecule has 26 heavy (non-hydrogen) atoms. The topological polar surface area (TPSA) is 80.0 Å². The maximum absolute atomic E-state index is 12.1. The first-order valence-electron chi connectivity index (χ1n) is 9.30. The molecule has 0 saturated heterocycles. The number of hydrogen-bond acceptors (Lipinski definition) is 3. The van der Waals surface area contributed by atoms with Crippen molar-refractivity contribution < 1.29 is 9.53 Å². The van der Waals surface area contributed by atoms with Crippen LogP contribution in [0.4, 0.5) is 10.5 Å². The number of benzene rings is 1. The SMILES string of the molecule is CC(CCN=C(N)Nc1ccc2c(c1)CCC2)N(C)C(=O)OC(C)(C)C. The molecule has 1 aliphatic carbocycles. The molecule has 1 atom stereocenters. The molecule has 3 N–H and O–H groups in total. The number of aryl methyl sites for hydroxylation is 2. The smallest absolute Gasteiger partial charge is 0.410 e. The number of ether oxygens (including phenoxy) is 1. The van der Waals surface area contributed by atoms with E-state index in [2.05, 4.69) is 22.4 Å². The standard InChI is InChI=1S/C20H32N4O2/c1-14(24(5)19(25)26-20(2,3)4)11-12-22-18(21)23-17-10-9-15-7-6-8-16(15)13-17/h9-10,13-14H,6-8,11-12H2,1-5H3,(H3,21,22,23). The Labute approximate surface area is 156 Å². The van der Waals surface area contributed by atoms with Crippen LogP contribution in [0.5, 0.6) is 0 Å². The van der Waals surface area contributed by atoms with Crippen molar-refractivity contribution in [2.45, 2.75) is 65.0 Å². The summed E-state index contributed by atoms with van der Waals surface area (Å²) in [6, 6.07) is 6.38. The minimum Gasteiger partial charge on any atom is -0.444 e. The van der Waals surface area contributed by atoms with E-state index in [0.717, 1.165) is 12.1 Å². The van der Waals surface area contributed by atoms with Gasteiger partial charge in [0, 0.05) is 25.3 Å². The molecule has 1 amide bonds. The van der Waals surface area contributed by atoms with E-state index in [9.17, 15) is 4.79 Å². The van der Waals surface area contributed by atoms with Crippen LogP contribution in [0, 0.1) is 0 Å². The Morgan fingerprint density at radius 1 is 1.35 bits per heavy atom. The predicted octanol–water partition coefficient (Wildman–Crippen LogP) is 3.55. The van der Waals surface area contributed by atoms with Gasteiger partial charge >= 0.3 is 6.09 Å². The Morgan fingerprint density at radius 2 is 2.04 bits per heavy atom. The van der Waals surface area contributed by atoms with E-state index in [1.807, 2.05) is 33.8 Å². The van der Waals surface area contributed by atoms with Crippen LogP contribution < -0.4 is 11.1 Å². The second kappa shape index (κ2) is 8.43. The van der Waals surface area contributed by atoms with Crippen molar-refractivity contribution in [3.8, 4) is 0 Å². The number of rotatable bonds is 5. The zero-order valence-electron chi connectivity index (χ0n) is 16.6. The summed E-state index contributed by atoms with van der Waals surface area (Å²) in [6.45, 7) is 8.10. The lowest BCUT2D eigenvalue weighted by molar-refractivity contribution is 0.0231. The molecule has 144 valence electrons. The zero-order chi connectivity index (χ0) is 19.3. The quantitative estimate of drug-likeness (QED) is 0.622. The van der Waals surface area contributed by atoms with E-state index in [4.69, 9.17) is 10.5 Å². The van der Waals surface area contributed by atoms with Crippen molar-refractivity contribution in [1.29, 1.82) is 0 Å². The summed E-state index contributed by atoms with van der Waals surface area (Å²) in [4.78, 5) is 18.0. The highest BCUT2D eigenvalue weighted by molar-refractivity contribution is 5.92. The summed E-state index contributed by atoms with van der Waals surface area (Å²) < 4.78 is 5.38. The van der Waals surface area contributed by atoms with Gasteiger partial charge in [0.15, 0.2) is 5.96 Å². The van der Waals surface area contributed by atoms with Gasteiger partial charge < -0.3 is 20.7 Å². The van der Waals surface area contributed by atoms with Gasteiger partial charge in [0.2, 0.25) is 0 Å². The van der Waals surface area contributed by atoms with Gasteiger partial charge in [-0.3, -0.25) is 4.99 Å². The first kappa shape index (κ1) is 20.1. The molecule has 0 aromatic heterocycles. The number of nitrogens with two attached hydrogens (primary N) is 1. The number of nitrogens with zero attached hydrogens (tertiary/aromatic N) is 2. The lowest BCUT2D eigenvalue weighted by Gasteiger charge is -2.28. The first-order chi connectivity index (χ1) is 12.2. The van der Waals surface area contributed by atoms with Crippen molar-refractivity contribution in [2.75, 3.05) is 18.9 Å². The van der Waals surface area contributed by atoms with E-state index in [1.54, 1.807) is 11.9 Å². The Kier molecular flexibility index (Phi) is 6.51. The molecular formula is C20H32N4O2. The summed E-state index contributed by atoms with van der Waals surface area (Å²) in [5, 5.41) is 3.15. The second-order valence-electron chi connectivity index (χ2n) is 7.96. The Morgan fingerprint density at radius 3 is 2.73 bits per heavy atom. The number of carbonyl (C=O) groups is 1. The molecule has 0 aliphatic heterocycles. The van der Waals surface area contributed by atoms with Crippen molar-refractivity contribution in [1.82, 2.24) is 4.90 Å². The zero-order valence-corrected chi connectivity index (χ0v) is 16.6. The van der Waals surface area contributed by atoms with Gasteiger partial charge in [-0.05, 0) is 76.6 Å². The van der Waals surface area contributed by atoms with E-state index >= 15 is 0 Å². The lowest BCUT2D eigenvalue weighted by Crippen LogP contribution is -2.39. The van der Waals surface area contributed by atoms with Gasteiger partial charge in [0.05, 0.1) is 0 Å². The average Bonchev–Trinajstić information content (AvgIpc) is 3.00. The van der Waals surface area contributed by atoms with Crippen LogP contribution in [0.25, 0.3) is 0 Å². The molecule has 6 nitrogen and oxygen atoms in total. The number of amides is 1. The van der Waals surface area contributed by atoms with Crippen LogP contribution in [0.1, 0.15) is 51.7 Å². The molecule has 1 unspecified atom stereocenters. The van der Waals surface area contributed by atoms with Crippen LogP contribution in [-0.2, 0) is 17.6 Å². The third kappa shape index (κ3) is 5.93. The number of nitrogens with one attached hydrogen (secondary N) is 1. The maximum Gasteiger partial charge on any atom is 0.410 e. The number of anilines is 1. The highest BCUT2D eigenvalue weighted by Gasteiger charge is 2.22. The molecule has 1 aromatic rings. The fourth-order valence-electron chi connectivity index (χ4n) is 2.92. The third-order valence-corrected chi connectivity index (χ3v) is 4.54. The summed E-state index contributed by atoms with van der Waals surface area (Å²) in [6.07, 6.45) is 3.92. The van der Waals surface area contributed by atoms with Gasteiger partial charge in [-0.1, -0.05) is 6.07 Å². The Bertz CT molecular complexity index is 664. The number of carbonyl (C=O) groups excluding carboxylic acids is 1. The van der Waals surface area contributed by atoms with Crippen LogP contribution in [0.2, 0.25) is 0 Å². The fraction of sp³-hybridized carbons (Fsp3) is 0.600. The molecule has 2 rings (SSSR count). The van der Waals surface area contributed by atoms with E-state index in [0.29, 0.717) is 18.9 Å². The number of guanidine groups is 1. The summed E-state index contributed by atoms with van der Waals surface area (Å²) in [5.41, 5.74) is 9.31. The van der Waals surface area contributed by atoms with Crippen LogP contribution >= 0.6 is 0 Å². The van der Waals surface area contributed by atoms with Crippen LogP contribution in [0.15, 0.2) is 23.2 Å². The number of fused-ring (bicyclic) bond motifs is 1. The van der Waals surface area contributed by atoms with Crippen molar-refractivity contribution in [2.24, 2.45) is 10.7 Å². The largest absolute Gasteiger partial charge is 0.444 e. The molecule has 0 radical (unpaired) electrons. The number of aliphatic imine (C=N–C) groups is 1. The average molecular weight is 361 g/mol. The van der Waals surface area contributed by atoms with Gasteiger partial charge in [-0.2, -0.15) is 0 Å². The van der Waals surface area contributed by atoms with E-state index in [1.165, 1.54) is 24.0 Å². The van der Waals surface area contributed by atoms with Gasteiger partial charge in [-0.15, -0.1) is 0 Å². The summed E-state index contributed by atoms with van der Waals surface area (Å²) in [5.74, 6) is 0.398. The van der Waals surface area contributed by atoms with Gasteiger partial charge in [-0.25, -0.2) is 4.79 Å². The molecule has 0 saturated carbocycles. The second-order valence-corrected chi connectivity index (χ2v) is 7.96. The predicted molar refractivity (Wildman–Crippen MR) is 107 cm³/mol. The Hall–Kier alpha value is -2.24. The fourth-order valence-corrected chi connectivity index (χ4v) is 2.92. The lowest BCUT2D eigenvalue weighted by atomic mass is 10.1.